The number of rotatable bonds is 6. The lowest BCUT2D eigenvalue weighted by atomic mass is 10.1. The van der Waals surface area contributed by atoms with E-state index < -0.39 is 0 Å². The molecule has 0 aliphatic carbocycles. The highest BCUT2D eigenvalue weighted by Gasteiger charge is 2.04. The molecule has 1 N–H and O–H groups in total. The maximum atomic E-state index is 12.2. The number of allylic oxidation sites excluding steroid dienone is 1. The molecular weight excluding hydrogens is 314 g/mol. The third-order valence-corrected chi connectivity index (χ3v) is 3.60. The summed E-state index contributed by atoms with van der Waals surface area (Å²) in [6.45, 7) is 0.425. The number of para-hydroxylation sites is 1. The Morgan fingerprint density at radius 1 is 1.00 bits per heavy atom. The quantitative estimate of drug-likeness (QED) is 0.541. The zero-order chi connectivity index (χ0) is 17.5. The van der Waals surface area contributed by atoms with Gasteiger partial charge in [0.05, 0.1) is 0 Å². The number of nitrogens with zero attached hydrogens (tertiary/aromatic N) is 1. The number of ketones is 1. The number of aromatic nitrogens is 1. The second-order valence-corrected chi connectivity index (χ2v) is 5.42. The summed E-state index contributed by atoms with van der Waals surface area (Å²) in [6, 6.07) is 20.0. The van der Waals surface area contributed by atoms with Gasteiger partial charge in [-0.3, -0.25) is 4.79 Å². The van der Waals surface area contributed by atoms with Gasteiger partial charge < -0.3 is 9.84 Å². The highest BCUT2D eigenvalue weighted by atomic mass is 16.5. The molecule has 0 bridgehead atoms. The molecule has 0 aliphatic rings. The van der Waals surface area contributed by atoms with E-state index in [1.54, 1.807) is 42.5 Å². The van der Waals surface area contributed by atoms with Crippen LogP contribution in [0.1, 0.15) is 21.5 Å². The van der Waals surface area contributed by atoms with Gasteiger partial charge in [0.2, 0.25) is 5.88 Å². The lowest BCUT2D eigenvalue weighted by Gasteiger charge is -2.05. The fourth-order valence-electron chi connectivity index (χ4n) is 2.23. The van der Waals surface area contributed by atoms with Gasteiger partial charge in [0.25, 0.3) is 0 Å². The fourth-order valence-corrected chi connectivity index (χ4v) is 2.23. The molecule has 4 heteroatoms. The first-order valence-electron chi connectivity index (χ1n) is 7.85. The van der Waals surface area contributed by atoms with Crippen LogP contribution in [0.3, 0.4) is 0 Å². The minimum Gasteiger partial charge on any atom is -0.507 e. The summed E-state index contributed by atoms with van der Waals surface area (Å²) in [5.74, 6) is 0.407. The molecule has 0 spiro atoms. The molecule has 0 unspecified atom stereocenters. The molecule has 0 fully saturated rings. The maximum absolute atomic E-state index is 12.2. The molecule has 3 rings (SSSR count). The first-order valence-corrected chi connectivity index (χ1v) is 7.85. The number of phenols is 1. The number of carbonyl (C=O) groups excluding carboxylic acids is 1. The second-order valence-electron chi connectivity index (χ2n) is 5.42. The molecule has 3 aromatic rings. The van der Waals surface area contributed by atoms with E-state index in [1.165, 1.54) is 12.3 Å². The van der Waals surface area contributed by atoms with E-state index in [4.69, 9.17) is 4.74 Å². The van der Waals surface area contributed by atoms with Gasteiger partial charge in [-0.05, 0) is 29.8 Å². The van der Waals surface area contributed by atoms with Gasteiger partial charge in [-0.25, -0.2) is 4.98 Å². The Balaban J connectivity index is 1.61. The summed E-state index contributed by atoms with van der Waals surface area (Å²) in [5.41, 5.74) is 2.10. The molecule has 4 nitrogen and oxygen atoms in total. The van der Waals surface area contributed by atoms with Crippen molar-refractivity contribution in [1.29, 1.82) is 0 Å². The van der Waals surface area contributed by atoms with Crippen LogP contribution < -0.4 is 4.74 Å². The molecule has 0 radical (unpaired) electrons. The molecule has 2 aromatic carbocycles. The number of hydrogen-bond donors (Lipinski definition) is 1. The number of aromatic hydroxyl groups is 1. The third kappa shape index (κ3) is 4.54. The van der Waals surface area contributed by atoms with Crippen LogP contribution in [0, 0.1) is 0 Å². The maximum Gasteiger partial charge on any atom is 0.213 e. The second kappa shape index (κ2) is 7.93. The Hall–Kier alpha value is -3.40. The van der Waals surface area contributed by atoms with Crippen molar-refractivity contribution in [2.24, 2.45) is 0 Å². The van der Waals surface area contributed by atoms with Crippen LogP contribution in [-0.2, 0) is 6.61 Å². The standard InChI is InChI=1S/C21H17NO3/c23-19-9-5-4-8-17(19)10-12-20(24)18-11-13-21(22-14-18)25-15-16-6-2-1-3-7-16/h1-14,23H,15H2/b12-10+. The van der Waals surface area contributed by atoms with Crippen LogP contribution in [0.2, 0.25) is 0 Å². The van der Waals surface area contributed by atoms with E-state index in [-0.39, 0.29) is 11.5 Å². The summed E-state index contributed by atoms with van der Waals surface area (Å²) < 4.78 is 5.60. The molecule has 1 heterocycles. The SMILES string of the molecule is O=C(/C=C/c1ccccc1O)c1ccc(OCc2ccccc2)nc1. The fraction of sp³-hybridized carbons (Fsp3) is 0.0476. The lowest BCUT2D eigenvalue weighted by molar-refractivity contribution is 0.104. The van der Waals surface area contributed by atoms with Gasteiger partial charge in [0.15, 0.2) is 5.78 Å². The van der Waals surface area contributed by atoms with E-state index in [9.17, 15) is 9.90 Å². The number of ether oxygens (including phenoxy) is 1. The van der Waals surface area contributed by atoms with Crippen molar-refractivity contribution in [2.45, 2.75) is 6.61 Å². The first-order chi connectivity index (χ1) is 12.2. The Morgan fingerprint density at radius 3 is 2.48 bits per heavy atom. The number of pyridine rings is 1. The summed E-state index contributed by atoms with van der Waals surface area (Å²) >= 11 is 0. The number of carbonyl (C=O) groups is 1. The Morgan fingerprint density at radius 2 is 1.76 bits per heavy atom. The van der Waals surface area contributed by atoms with E-state index >= 15 is 0 Å². The zero-order valence-electron chi connectivity index (χ0n) is 13.5. The molecular formula is C21H17NO3. The number of benzene rings is 2. The van der Waals surface area contributed by atoms with Gasteiger partial charge in [-0.2, -0.15) is 0 Å². The lowest BCUT2D eigenvalue weighted by Crippen LogP contribution is -1.99. The average Bonchev–Trinajstić information content (AvgIpc) is 2.67. The average molecular weight is 331 g/mol. The summed E-state index contributed by atoms with van der Waals surface area (Å²) in [6.07, 6.45) is 4.48. The highest BCUT2D eigenvalue weighted by Crippen LogP contribution is 2.17. The van der Waals surface area contributed by atoms with Gasteiger partial charge in [0.1, 0.15) is 12.4 Å². The van der Waals surface area contributed by atoms with Gasteiger partial charge in [-0.15, -0.1) is 0 Å². The number of hydrogen-bond acceptors (Lipinski definition) is 4. The first kappa shape index (κ1) is 16.5. The number of phenolic OH excluding ortho intramolecular Hbond substituents is 1. The van der Waals surface area contributed by atoms with Crippen LogP contribution in [0.4, 0.5) is 0 Å². The molecule has 0 saturated carbocycles. The molecule has 0 aliphatic heterocycles. The van der Waals surface area contributed by atoms with Crippen LogP contribution in [0.25, 0.3) is 6.08 Å². The Kier molecular flexibility index (Phi) is 5.22. The van der Waals surface area contributed by atoms with Crippen molar-refractivity contribution in [3.63, 3.8) is 0 Å². The van der Waals surface area contributed by atoms with Crippen LogP contribution >= 0.6 is 0 Å². The molecule has 124 valence electrons. The predicted molar refractivity (Wildman–Crippen MR) is 96.5 cm³/mol. The highest BCUT2D eigenvalue weighted by molar-refractivity contribution is 6.06. The smallest absolute Gasteiger partial charge is 0.213 e. The Labute approximate surface area is 146 Å². The molecule has 0 saturated heterocycles. The normalized spacial score (nSPS) is 10.7. The third-order valence-electron chi connectivity index (χ3n) is 3.60. The van der Waals surface area contributed by atoms with Crippen LogP contribution in [-0.4, -0.2) is 15.9 Å². The topological polar surface area (TPSA) is 59.4 Å². The summed E-state index contributed by atoms with van der Waals surface area (Å²) in [7, 11) is 0. The van der Waals surface area contributed by atoms with Gasteiger partial charge in [-0.1, -0.05) is 48.5 Å². The largest absolute Gasteiger partial charge is 0.507 e. The van der Waals surface area contributed by atoms with Crippen LogP contribution in [0.15, 0.2) is 79.0 Å². The minimum atomic E-state index is -0.189. The van der Waals surface area contributed by atoms with Crippen molar-refractivity contribution in [1.82, 2.24) is 4.98 Å². The monoisotopic (exact) mass is 331 g/mol. The zero-order valence-corrected chi connectivity index (χ0v) is 13.5. The van der Waals surface area contributed by atoms with Crippen molar-refractivity contribution in [2.75, 3.05) is 0 Å². The molecule has 1 aromatic heterocycles. The summed E-state index contributed by atoms with van der Waals surface area (Å²) in [5, 5.41) is 9.69. The summed E-state index contributed by atoms with van der Waals surface area (Å²) in [4.78, 5) is 16.3. The van der Waals surface area contributed by atoms with Gasteiger partial charge >= 0.3 is 0 Å². The van der Waals surface area contributed by atoms with Crippen molar-refractivity contribution >= 4 is 11.9 Å². The Bertz CT molecular complexity index is 871. The molecule has 25 heavy (non-hydrogen) atoms. The van der Waals surface area contributed by atoms with Gasteiger partial charge in [0, 0.05) is 23.4 Å². The van der Waals surface area contributed by atoms with E-state index in [0.717, 1.165) is 5.56 Å². The molecule has 0 atom stereocenters. The van der Waals surface area contributed by atoms with Crippen LogP contribution in [0.5, 0.6) is 11.6 Å². The molecule has 0 amide bonds. The van der Waals surface area contributed by atoms with E-state index in [1.807, 2.05) is 30.3 Å². The van der Waals surface area contributed by atoms with E-state index in [2.05, 4.69) is 4.98 Å². The van der Waals surface area contributed by atoms with Crippen molar-refractivity contribution in [3.8, 4) is 11.6 Å². The van der Waals surface area contributed by atoms with Crippen molar-refractivity contribution in [3.05, 3.63) is 95.7 Å². The van der Waals surface area contributed by atoms with E-state index in [0.29, 0.717) is 23.6 Å². The minimum absolute atomic E-state index is 0.134. The van der Waals surface area contributed by atoms with Crippen molar-refractivity contribution < 1.29 is 14.6 Å². The predicted octanol–water partition coefficient (Wildman–Crippen LogP) is 4.26.